The van der Waals surface area contributed by atoms with Crippen LogP contribution in [0.25, 0.3) is 0 Å². The van der Waals surface area contributed by atoms with Crippen LogP contribution in [0.4, 0.5) is 23.7 Å². The number of rotatable bonds is 1. The summed E-state index contributed by atoms with van der Waals surface area (Å²) in [5.41, 5.74) is -0.801. The van der Waals surface area contributed by atoms with E-state index in [9.17, 15) is 18.0 Å². The Labute approximate surface area is 114 Å². The first kappa shape index (κ1) is 13.6. The molecule has 0 saturated heterocycles. The van der Waals surface area contributed by atoms with Crippen LogP contribution in [0.1, 0.15) is 5.56 Å². The molecule has 1 heterocycles. The van der Waals surface area contributed by atoms with Crippen molar-refractivity contribution >= 4 is 27.6 Å². The Bertz CT molecular complexity index is 596. The molecule has 19 heavy (non-hydrogen) atoms. The van der Waals surface area contributed by atoms with Gasteiger partial charge in [-0.2, -0.15) is 13.2 Å². The summed E-state index contributed by atoms with van der Waals surface area (Å²) in [7, 11) is 0. The van der Waals surface area contributed by atoms with Crippen LogP contribution in [0.15, 0.2) is 41.4 Å². The van der Waals surface area contributed by atoms with Crippen molar-refractivity contribution in [2.45, 2.75) is 6.18 Å². The van der Waals surface area contributed by atoms with Gasteiger partial charge in [-0.15, -0.1) is 0 Å². The summed E-state index contributed by atoms with van der Waals surface area (Å²) in [6.45, 7) is 0. The second-order valence-corrected chi connectivity index (χ2v) is 4.45. The molecule has 0 atom stereocenters. The molecule has 0 bridgehead atoms. The van der Waals surface area contributed by atoms with E-state index in [0.29, 0.717) is 0 Å². The molecule has 0 aliphatic heterocycles. The molecule has 8 heteroatoms. The van der Waals surface area contributed by atoms with Crippen LogP contribution in [0.5, 0.6) is 0 Å². The third-order valence-electron chi connectivity index (χ3n) is 2.26. The number of amides is 1. The summed E-state index contributed by atoms with van der Waals surface area (Å²) in [5.74, 6) is 0. The van der Waals surface area contributed by atoms with Gasteiger partial charge in [-0.1, -0.05) is 15.9 Å². The van der Waals surface area contributed by atoms with E-state index in [-0.39, 0.29) is 10.2 Å². The number of nitrogens with zero attached hydrogens (tertiary/aromatic N) is 2. The smallest absolute Gasteiger partial charge is 0.307 e. The van der Waals surface area contributed by atoms with Crippen molar-refractivity contribution in [3.63, 3.8) is 0 Å². The highest BCUT2D eigenvalue weighted by molar-refractivity contribution is 9.10. The van der Waals surface area contributed by atoms with Crippen LogP contribution in [0, 0.1) is 0 Å². The Morgan fingerprint density at radius 3 is 2.68 bits per heavy atom. The predicted molar refractivity (Wildman–Crippen MR) is 65.8 cm³/mol. The second-order valence-electron chi connectivity index (χ2n) is 3.59. The topological polar surface area (TPSA) is 46.9 Å². The van der Waals surface area contributed by atoms with Crippen LogP contribution in [-0.2, 0) is 6.18 Å². The minimum absolute atomic E-state index is 0.0502. The first-order chi connectivity index (χ1) is 8.88. The van der Waals surface area contributed by atoms with Crippen molar-refractivity contribution in [3.05, 3.63) is 47.0 Å². The predicted octanol–water partition coefficient (Wildman–Crippen LogP) is 3.74. The van der Waals surface area contributed by atoms with Gasteiger partial charge in [0.05, 0.1) is 5.56 Å². The molecule has 1 N–H and O–H groups in total. The molecule has 0 aliphatic carbocycles. The number of aromatic nitrogens is 2. The zero-order valence-electron chi connectivity index (χ0n) is 9.28. The first-order valence-electron chi connectivity index (χ1n) is 5.04. The molecule has 0 spiro atoms. The molecule has 1 aromatic carbocycles. The molecule has 1 aromatic heterocycles. The Morgan fingerprint density at radius 1 is 1.37 bits per heavy atom. The van der Waals surface area contributed by atoms with Gasteiger partial charge in [-0.3, -0.25) is 4.57 Å². The van der Waals surface area contributed by atoms with E-state index in [1.807, 2.05) is 0 Å². The fourth-order valence-electron chi connectivity index (χ4n) is 1.39. The van der Waals surface area contributed by atoms with E-state index in [2.05, 4.69) is 26.2 Å². The second kappa shape index (κ2) is 5.04. The maximum absolute atomic E-state index is 12.7. The standard InChI is InChI=1S/C11H7BrF3N3O/c12-9-2-1-7(5-8(9)11(13,14)15)17-10(19)18-4-3-16-6-18/h1-6H,(H,17,19). The highest BCUT2D eigenvalue weighted by Gasteiger charge is 2.33. The number of halogens is 4. The number of anilines is 1. The van der Waals surface area contributed by atoms with Gasteiger partial charge in [-0.05, 0) is 18.2 Å². The minimum Gasteiger partial charge on any atom is -0.307 e. The summed E-state index contributed by atoms with van der Waals surface area (Å²) >= 11 is 2.82. The Hall–Kier alpha value is -1.83. The van der Waals surface area contributed by atoms with E-state index in [0.717, 1.165) is 10.6 Å². The van der Waals surface area contributed by atoms with Gasteiger partial charge < -0.3 is 5.32 Å². The van der Waals surface area contributed by atoms with Gasteiger partial charge in [0.1, 0.15) is 6.33 Å². The largest absolute Gasteiger partial charge is 0.417 e. The van der Waals surface area contributed by atoms with Gasteiger partial charge in [0.25, 0.3) is 0 Å². The summed E-state index contributed by atoms with van der Waals surface area (Å²) in [5, 5.41) is 2.35. The number of imidazole rings is 1. The van der Waals surface area contributed by atoms with E-state index in [1.165, 1.54) is 30.9 Å². The molecule has 0 unspecified atom stereocenters. The summed E-state index contributed by atoms with van der Waals surface area (Å²) in [6, 6.07) is 2.87. The molecule has 0 aliphatic rings. The Balaban J connectivity index is 2.25. The van der Waals surface area contributed by atoms with E-state index >= 15 is 0 Å². The molecule has 1 amide bonds. The minimum atomic E-state index is -4.49. The number of benzene rings is 1. The molecule has 4 nitrogen and oxygen atoms in total. The van der Waals surface area contributed by atoms with Crippen LogP contribution >= 0.6 is 15.9 Å². The first-order valence-corrected chi connectivity index (χ1v) is 5.83. The molecule has 2 rings (SSSR count). The molecule has 0 saturated carbocycles. The van der Waals surface area contributed by atoms with E-state index < -0.39 is 17.8 Å². The average molecular weight is 334 g/mol. The summed E-state index contributed by atoms with van der Waals surface area (Å²) < 4.78 is 39.1. The van der Waals surface area contributed by atoms with Crippen LogP contribution < -0.4 is 5.32 Å². The van der Waals surface area contributed by atoms with Crippen molar-refractivity contribution in [2.24, 2.45) is 0 Å². The van der Waals surface area contributed by atoms with Crippen molar-refractivity contribution in [3.8, 4) is 0 Å². The summed E-state index contributed by atoms with van der Waals surface area (Å²) in [6.07, 6.45) is -0.464. The number of nitrogens with one attached hydrogen (secondary N) is 1. The number of carbonyl (C=O) groups is 1. The van der Waals surface area contributed by atoms with Crippen LogP contribution in [0.2, 0.25) is 0 Å². The maximum atomic E-state index is 12.7. The van der Waals surface area contributed by atoms with Gasteiger partial charge in [0.2, 0.25) is 0 Å². The Kier molecular flexibility index (Phi) is 3.61. The number of alkyl halides is 3. The van der Waals surface area contributed by atoms with E-state index in [4.69, 9.17) is 0 Å². The van der Waals surface area contributed by atoms with Crippen LogP contribution in [0.3, 0.4) is 0 Å². The number of carbonyl (C=O) groups excluding carboxylic acids is 1. The molecule has 0 radical (unpaired) electrons. The summed E-state index contributed by atoms with van der Waals surface area (Å²) in [4.78, 5) is 15.3. The lowest BCUT2D eigenvalue weighted by molar-refractivity contribution is -0.138. The normalized spacial score (nSPS) is 11.4. The van der Waals surface area contributed by atoms with Crippen molar-refractivity contribution < 1.29 is 18.0 Å². The zero-order chi connectivity index (χ0) is 14.0. The third kappa shape index (κ3) is 3.14. The van der Waals surface area contributed by atoms with Gasteiger partial charge in [0.15, 0.2) is 0 Å². The average Bonchev–Trinajstić information content (AvgIpc) is 2.83. The van der Waals surface area contributed by atoms with Crippen molar-refractivity contribution in [2.75, 3.05) is 5.32 Å². The molecular weight excluding hydrogens is 327 g/mol. The van der Waals surface area contributed by atoms with Gasteiger partial charge in [-0.25, -0.2) is 9.78 Å². The highest BCUT2D eigenvalue weighted by Crippen LogP contribution is 2.36. The number of hydrogen-bond donors (Lipinski definition) is 1. The van der Waals surface area contributed by atoms with Crippen molar-refractivity contribution in [1.82, 2.24) is 9.55 Å². The van der Waals surface area contributed by atoms with Crippen LogP contribution in [-0.4, -0.2) is 15.6 Å². The molecule has 2 aromatic rings. The van der Waals surface area contributed by atoms with Gasteiger partial charge in [0, 0.05) is 22.6 Å². The lowest BCUT2D eigenvalue weighted by Crippen LogP contribution is -2.18. The zero-order valence-corrected chi connectivity index (χ0v) is 10.9. The monoisotopic (exact) mass is 333 g/mol. The third-order valence-corrected chi connectivity index (χ3v) is 2.95. The Morgan fingerprint density at radius 2 is 2.11 bits per heavy atom. The molecule has 0 fully saturated rings. The van der Waals surface area contributed by atoms with Crippen molar-refractivity contribution in [1.29, 1.82) is 0 Å². The fraction of sp³-hybridized carbons (Fsp3) is 0.0909. The molecule has 100 valence electrons. The van der Waals surface area contributed by atoms with Gasteiger partial charge >= 0.3 is 12.2 Å². The maximum Gasteiger partial charge on any atom is 0.417 e. The highest BCUT2D eigenvalue weighted by atomic mass is 79.9. The quantitative estimate of drug-likeness (QED) is 0.864. The lowest BCUT2D eigenvalue weighted by Gasteiger charge is -2.12. The van der Waals surface area contributed by atoms with E-state index in [1.54, 1.807) is 0 Å². The number of hydrogen-bond acceptors (Lipinski definition) is 2. The SMILES string of the molecule is O=C(Nc1ccc(Br)c(C(F)(F)F)c1)n1ccnc1. The fourth-order valence-corrected chi connectivity index (χ4v) is 1.86. The lowest BCUT2D eigenvalue weighted by atomic mass is 10.2. The molecular formula is C11H7BrF3N3O.